The quantitative estimate of drug-likeness (QED) is 0.633. The van der Waals surface area contributed by atoms with E-state index in [4.69, 9.17) is 9.47 Å². The third-order valence-electron chi connectivity index (χ3n) is 2.85. The molecule has 0 amide bonds. The first-order valence-electron chi connectivity index (χ1n) is 6.52. The lowest BCUT2D eigenvalue weighted by Crippen LogP contribution is -2.22. The van der Waals surface area contributed by atoms with Gasteiger partial charge < -0.3 is 14.8 Å². The van der Waals surface area contributed by atoms with Gasteiger partial charge in [0.25, 0.3) is 0 Å². The van der Waals surface area contributed by atoms with Crippen molar-refractivity contribution < 1.29 is 18.7 Å². The molecule has 1 atom stereocenters. The van der Waals surface area contributed by atoms with Crippen LogP contribution in [0.3, 0.4) is 0 Å². The molecule has 1 heterocycles. The molecule has 1 aliphatic heterocycles. The van der Waals surface area contributed by atoms with Crippen LogP contribution in [0.5, 0.6) is 5.75 Å². The van der Waals surface area contributed by atoms with Gasteiger partial charge in [0.05, 0.1) is 6.61 Å². The van der Waals surface area contributed by atoms with E-state index >= 15 is 0 Å². The van der Waals surface area contributed by atoms with Gasteiger partial charge in [0, 0.05) is 19.0 Å². The molecule has 104 valence electrons. The van der Waals surface area contributed by atoms with Gasteiger partial charge in [-0.1, -0.05) is 6.92 Å². The predicted octanol–water partition coefficient (Wildman–Crippen LogP) is 2.02. The number of carbonyl (C=O) groups is 1. The zero-order valence-corrected chi connectivity index (χ0v) is 10.9. The number of rotatable bonds is 6. The molecule has 2 rings (SSSR count). The molecule has 1 aromatic carbocycles. The lowest BCUT2D eigenvalue weighted by Gasteiger charge is -2.12. The van der Waals surface area contributed by atoms with E-state index in [1.54, 1.807) is 6.07 Å². The van der Waals surface area contributed by atoms with Gasteiger partial charge in [0.1, 0.15) is 11.6 Å². The van der Waals surface area contributed by atoms with Crippen LogP contribution in [0.15, 0.2) is 18.2 Å². The summed E-state index contributed by atoms with van der Waals surface area (Å²) in [5.41, 5.74) is 0.801. The predicted molar refractivity (Wildman–Crippen MR) is 68.4 cm³/mol. The summed E-state index contributed by atoms with van der Waals surface area (Å²) in [6.45, 7) is 3.89. The summed E-state index contributed by atoms with van der Waals surface area (Å²) in [5.74, 6) is -0.371. The highest BCUT2D eigenvalue weighted by Gasteiger charge is 2.28. The number of hydrogen-bond donors (Lipinski definition) is 1. The Kier molecular flexibility index (Phi) is 4.74. The van der Waals surface area contributed by atoms with Crippen LogP contribution in [0.1, 0.15) is 25.3 Å². The van der Waals surface area contributed by atoms with Gasteiger partial charge in [-0.2, -0.15) is 0 Å². The lowest BCUT2D eigenvalue weighted by molar-refractivity contribution is -0.143. The molecule has 1 saturated heterocycles. The normalized spacial score (nSPS) is 18.4. The zero-order valence-electron chi connectivity index (χ0n) is 10.9. The van der Waals surface area contributed by atoms with Gasteiger partial charge in [0.2, 0.25) is 0 Å². The number of cyclic esters (lactones) is 1. The molecule has 0 aromatic heterocycles. The average molecular weight is 267 g/mol. The molecule has 1 aliphatic rings. The first-order valence-corrected chi connectivity index (χ1v) is 6.52. The minimum Gasteiger partial charge on any atom is -0.478 e. The summed E-state index contributed by atoms with van der Waals surface area (Å²) in [7, 11) is 0. The third-order valence-corrected chi connectivity index (χ3v) is 2.85. The molecule has 0 radical (unpaired) electrons. The highest BCUT2D eigenvalue weighted by molar-refractivity contribution is 5.76. The van der Waals surface area contributed by atoms with E-state index in [0.29, 0.717) is 25.3 Å². The van der Waals surface area contributed by atoms with Crippen molar-refractivity contribution in [2.24, 2.45) is 0 Å². The van der Waals surface area contributed by atoms with Crippen LogP contribution in [0.25, 0.3) is 0 Å². The van der Waals surface area contributed by atoms with Crippen LogP contribution in [0.2, 0.25) is 0 Å². The Labute approximate surface area is 111 Å². The Morgan fingerprint density at radius 3 is 3.00 bits per heavy atom. The lowest BCUT2D eigenvalue weighted by atomic mass is 10.2. The SMILES string of the molecule is CCCNCc1cc(F)cc(OC2CCOC2=O)c1. The number of hydrogen-bond acceptors (Lipinski definition) is 4. The van der Waals surface area contributed by atoms with Crippen LogP contribution in [-0.4, -0.2) is 25.2 Å². The fourth-order valence-corrected chi connectivity index (χ4v) is 1.95. The van der Waals surface area contributed by atoms with E-state index in [1.165, 1.54) is 12.1 Å². The minimum atomic E-state index is -0.613. The molecule has 1 fully saturated rings. The van der Waals surface area contributed by atoms with Crippen molar-refractivity contribution >= 4 is 5.97 Å². The molecular weight excluding hydrogens is 249 g/mol. The minimum absolute atomic E-state index is 0.364. The highest BCUT2D eigenvalue weighted by Crippen LogP contribution is 2.21. The molecule has 1 unspecified atom stereocenters. The van der Waals surface area contributed by atoms with Gasteiger partial charge in [0.15, 0.2) is 6.10 Å². The Hall–Kier alpha value is -1.62. The molecule has 5 heteroatoms. The topological polar surface area (TPSA) is 47.6 Å². The first kappa shape index (κ1) is 13.8. The van der Waals surface area contributed by atoms with Gasteiger partial charge >= 0.3 is 5.97 Å². The summed E-state index contributed by atoms with van der Waals surface area (Å²) in [6, 6.07) is 4.49. The second-order valence-electron chi connectivity index (χ2n) is 4.53. The van der Waals surface area contributed by atoms with Crippen molar-refractivity contribution in [3.05, 3.63) is 29.6 Å². The molecule has 1 N–H and O–H groups in total. The van der Waals surface area contributed by atoms with Crippen LogP contribution in [-0.2, 0) is 16.1 Å². The van der Waals surface area contributed by atoms with E-state index < -0.39 is 6.10 Å². The summed E-state index contributed by atoms with van der Waals surface area (Å²) in [6.07, 6.45) is 0.920. The summed E-state index contributed by atoms with van der Waals surface area (Å²) >= 11 is 0. The molecule has 0 spiro atoms. The van der Waals surface area contributed by atoms with Crippen molar-refractivity contribution in [2.75, 3.05) is 13.2 Å². The van der Waals surface area contributed by atoms with Crippen molar-refractivity contribution in [3.63, 3.8) is 0 Å². The molecule has 19 heavy (non-hydrogen) atoms. The first-order chi connectivity index (χ1) is 9.19. The van der Waals surface area contributed by atoms with E-state index in [1.807, 2.05) is 0 Å². The maximum absolute atomic E-state index is 13.5. The molecule has 0 aliphatic carbocycles. The summed E-state index contributed by atoms with van der Waals surface area (Å²) in [4.78, 5) is 11.3. The van der Waals surface area contributed by atoms with Gasteiger partial charge in [-0.05, 0) is 30.7 Å². The van der Waals surface area contributed by atoms with Crippen LogP contribution < -0.4 is 10.1 Å². The van der Waals surface area contributed by atoms with Crippen molar-refractivity contribution in [3.8, 4) is 5.75 Å². The molecule has 0 bridgehead atoms. The number of halogens is 1. The van der Waals surface area contributed by atoms with E-state index in [2.05, 4.69) is 12.2 Å². The van der Waals surface area contributed by atoms with Crippen LogP contribution in [0, 0.1) is 5.82 Å². The summed E-state index contributed by atoms with van der Waals surface area (Å²) in [5, 5.41) is 3.19. The van der Waals surface area contributed by atoms with Gasteiger partial charge in [-0.25, -0.2) is 9.18 Å². The number of esters is 1. The second kappa shape index (κ2) is 6.52. The molecule has 1 aromatic rings. The van der Waals surface area contributed by atoms with Crippen LogP contribution in [0.4, 0.5) is 4.39 Å². The van der Waals surface area contributed by atoms with Crippen LogP contribution >= 0.6 is 0 Å². The molecular formula is C14H18FNO3. The Balaban J connectivity index is 2.01. The fourth-order valence-electron chi connectivity index (χ4n) is 1.95. The number of carbonyl (C=O) groups excluding carboxylic acids is 1. The zero-order chi connectivity index (χ0) is 13.7. The van der Waals surface area contributed by atoms with E-state index in [0.717, 1.165) is 18.5 Å². The smallest absolute Gasteiger partial charge is 0.347 e. The Morgan fingerprint density at radius 2 is 2.32 bits per heavy atom. The maximum Gasteiger partial charge on any atom is 0.347 e. The second-order valence-corrected chi connectivity index (χ2v) is 4.53. The molecule has 0 saturated carbocycles. The van der Waals surface area contributed by atoms with Gasteiger partial charge in [-0.3, -0.25) is 0 Å². The van der Waals surface area contributed by atoms with Crippen molar-refractivity contribution in [2.45, 2.75) is 32.4 Å². The number of benzene rings is 1. The number of ether oxygens (including phenoxy) is 2. The van der Waals surface area contributed by atoms with Crippen molar-refractivity contribution in [1.29, 1.82) is 0 Å². The van der Waals surface area contributed by atoms with Gasteiger partial charge in [-0.15, -0.1) is 0 Å². The van der Waals surface area contributed by atoms with Crippen molar-refractivity contribution in [1.82, 2.24) is 5.32 Å². The Morgan fingerprint density at radius 1 is 1.47 bits per heavy atom. The van der Waals surface area contributed by atoms with E-state index in [9.17, 15) is 9.18 Å². The largest absolute Gasteiger partial charge is 0.478 e. The highest BCUT2D eigenvalue weighted by atomic mass is 19.1. The number of nitrogens with one attached hydrogen (secondary N) is 1. The third kappa shape index (κ3) is 3.92. The molecule has 4 nitrogen and oxygen atoms in total. The van der Waals surface area contributed by atoms with E-state index in [-0.39, 0.29) is 11.8 Å². The fraction of sp³-hybridized carbons (Fsp3) is 0.500. The standard InChI is InChI=1S/C14H18FNO3/c1-2-4-16-9-10-6-11(15)8-12(7-10)19-13-3-5-18-14(13)17/h6-8,13,16H,2-5,9H2,1H3. The maximum atomic E-state index is 13.5. The monoisotopic (exact) mass is 267 g/mol. The summed E-state index contributed by atoms with van der Waals surface area (Å²) < 4.78 is 23.8. The Bertz CT molecular complexity index is 450. The average Bonchev–Trinajstić information content (AvgIpc) is 2.75.